The molecule has 3 aromatic carbocycles. The summed E-state index contributed by atoms with van der Waals surface area (Å²) in [6.45, 7) is 2.24. The number of methoxy groups -OCH3 is 1. The van der Waals surface area contributed by atoms with Gasteiger partial charge < -0.3 is 9.64 Å². The van der Waals surface area contributed by atoms with Crippen molar-refractivity contribution in [3.63, 3.8) is 0 Å². The Hall–Kier alpha value is -3.71. The first kappa shape index (κ1) is 24.0. The van der Waals surface area contributed by atoms with E-state index >= 15 is 0 Å². The highest BCUT2D eigenvalue weighted by atomic mass is 16.5. The summed E-state index contributed by atoms with van der Waals surface area (Å²) < 4.78 is 4.76. The largest absolute Gasteiger partial charge is 0.468 e. The predicted octanol–water partition coefficient (Wildman–Crippen LogP) is 3.85. The molecule has 2 heterocycles. The number of hydrogen-bond acceptors (Lipinski definition) is 5. The fourth-order valence-corrected chi connectivity index (χ4v) is 5.55. The minimum atomic E-state index is -0.921. The van der Waals surface area contributed by atoms with Crippen molar-refractivity contribution in [3.05, 3.63) is 83.9 Å². The van der Waals surface area contributed by atoms with Gasteiger partial charge in [0.15, 0.2) is 0 Å². The van der Waals surface area contributed by atoms with Crippen LogP contribution in [0.1, 0.15) is 24.0 Å². The van der Waals surface area contributed by atoms with Gasteiger partial charge in [-0.3, -0.25) is 19.4 Å². The Labute approximate surface area is 211 Å². The molecule has 1 spiro atoms. The first-order valence-corrected chi connectivity index (χ1v) is 12.5. The molecule has 0 aliphatic carbocycles. The third-order valence-electron chi connectivity index (χ3n) is 7.56. The van der Waals surface area contributed by atoms with Crippen LogP contribution in [0.25, 0.3) is 10.8 Å². The normalized spacial score (nSPS) is 17.8. The highest BCUT2D eigenvalue weighted by molar-refractivity contribution is 6.08. The standard InChI is InChI=1S/C29H31N3O4/c1-36-26(33)21-31-27(34)29(32(28(31)35)17-14-22-8-3-2-4-9-22)15-18-30(19-16-29)20-24-12-7-11-23-10-5-6-13-25(23)24/h2-13H,14-21H2,1H3. The number of esters is 1. The molecule has 0 saturated carbocycles. The van der Waals surface area contributed by atoms with E-state index in [2.05, 4.69) is 41.3 Å². The molecule has 0 atom stereocenters. The molecule has 2 saturated heterocycles. The van der Waals surface area contributed by atoms with E-state index in [4.69, 9.17) is 4.74 Å². The van der Waals surface area contributed by atoms with E-state index in [-0.39, 0.29) is 12.5 Å². The molecular weight excluding hydrogens is 454 g/mol. The summed E-state index contributed by atoms with van der Waals surface area (Å²) in [5.41, 5.74) is 1.44. The van der Waals surface area contributed by atoms with E-state index in [1.165, 1.54) is 23.4 Å². The van der Waals surface area contributed by atoms with Gasteiger partial charge in [-0.2, -0.15) is 0 Å². The van der Waals surface area contributed by atoms with Crippen LogP contribution in [-0.4, -0.2) is 71.4 Å². The molecule has 5 rings (SSSR count). The summed E-state index contributed by atoms with van der Waals surface area (Å²) in [5.74, 6) is -0.874. The van der Waals surface area contributed by atoms with Crippen LogP contribution in [0.3, 0.4) is 0 Å². The molecule has 2 fully saturated rings. The lowest BCUT2D eigenvalue weighted by molar-refractivity contribution is -0.146. The Kier molecular flexibility index (Phi) is 6.74. The van der Waals surface area contributed by atoms with Crippen molar-refractivity contribution in [2.75, 3.05) is 33.3 Å². The molecule has 7 heteroatoms. The summed E-state index contributed by atoms with van der Waals surface area (Å²) in [4.78, 5) is 44.2. The molecule has 36 heavy (non-hydrogen) atoms. The number of rotatable bonds is 7. The summed E-state index contributed by atoms with van der Waals surface area (Å²) >= 11 is 0. The van der Waals surface area contributed by atoms with Gasteiger partial charge in [0.25, 0.3) is 5.91 Å². The zero-order valence-corrected chi connectivity index (χ0v) is 20.6. The van der Waals surface area contributed by atoms with Crippen molar-refractivity contribution in [2.45, 2.75) is 31.3 Å². The molecule has 0 aromatic heterocycles. The van der Waals surface area contributed by atoms with E-state index in [9.17, 15) is 14.4 Å². The van der Waals surface area contributed by atoms with Crippen LogP contribution in [0.2, 0.25) is 0 Å². The first-order chi connectivity index (χ1) is 17.5. The average molecular weight is 486 g/mol. The molecule has 0 bridgehead atoms. The number of likely N-dealkylation sites (tertiary alicyclic amines) is 1. The zero-order chi connectivity index (χ0) is 25.1. The third-order valence-corrected chi connectivity index (χ3v) is 7.56. The monoisotopic (exact) mass is 485 g/mol. The Morgan fingerprint density at radius 2 is 1.61 bits per heavy atom. The van der Waals surface area contributed by atoms with Crippen LogP contribution in [0, 0.1) is 0 Å². The number of nitrogens with zero attached hydrogens (tertiary/aromatic N) is 3. The van der Waals surface area contributed by atoms with E-state index in [1.54, 1.807) is 4.90 Å². The van der Waals surface area contributed by atoms with Crippen molar-refractivity contribution < 1.29 is 19.1 Å². The number of ether oxygens (including phenoxy) is 1. The molecule has 7 nitrogen and oxygen atoms in total. The van der Waals surface area contributed by atoms with Crippen LogP contribution in [0.15, 0.2) is 72.8 Å². The van der Waals surface area contributed by atoms with E-state index in [0.29, 0.717) is 38.9 Å². The van der Waals surface area contributed by atoms with Crippen LogP contribution < -0.4 is 0 Å². The summed E-state index contributed by atoms with van der Waals surface area (Å²) in [7, 11) is 1.27. The number of piperidine rings is 1. The van der Waals surface area contributed by atoms with E-state index in [1.807, 2.05) is 36.4 Å². The maximum absolute atomic E-state index is 13.6. The molecule has 0 unspecified atom stereocenters. The van der Waals surface area contributed by atoms with Crippen molar-refractivity contribution in [1.29, 1.82) is 0 Å². The van der Waals surface area contributed by atoms with Crippen molar-refractivity contribution in [1.82, 2.24) is 14.7 Å². The van der Waals surface area contributed by atoms with Crippen LogP contribution in [0.4, 0.5) is 4.79 Å². The van der Waals surface area contributed by atoms with Gasteiger partial charge in [-0.15, -0.1) is 0 Å². The molecule has 2 aliphatic heterocycles. The Morgan fingerprint density at radius 1 is 0.917 bits per heavy atom. The van der Waals surface area contributed by atoms with Gasteiger partial charge in [0.1, 0.15) is 12.1 Å². The second kappa shape index (κ2) is 10.1. The molecule has 3 amide bonds. The van der Waals surface area contributed by atoms with Crippen molar-refractivity contribution in [2.24, 2.45) is 0 Å². The minimum Gasteiger partial charge on any atom is -0.468 e. The summed E-state index contributed by atoms with van der Waals surface area (Å²) in [6, 6.07) is 24.3. The molecule has 3 aromatic rings. The SMILES string of the molecule is COC(=O)CN1C(=O)N(CCc2ccccc2)C2(CCN(Cc3cccc4ccccc34)CC2)C1=O. The number of urea groups is 1. The lowest BCUT2D eigenvalue weighted by Crippen LogP contribution is -2.56. The van der Waals surface area contributed by atoms with Gasteiger partial charge >= 0.3 is 12.0 Å². The number of imide groups is 1. The first-order valence-electron chi connectivity index (χ1n) is 12.5. The molecular formula is C29H31N3O4. The van der Waals surface area contributed by atoms with Crippen molar-refractivity contribution >= 4 is 28.7 Å². The maximum atomic E-state index is 13.6. The van der Waals surface area contributed by atoms with Gasteiger partial charge in [0, 0.05) is 26.2 Å². The average Bonchev–Trinajstić information content (AvgIpc) is 3.10. The number of benzene rings is 3. The highest BCUT2D eigenvalue weighted by Gasteiger charge is 2.58. The number of fused-ring (bicyclic) bond motifs is 1. The zero-order valence-electron chi connectivity index (χ0n) is 20.6. The van der Waals surface area contributed by atoms with Crippen molar-refractivity contribution in [3.8, 4) is 0 Å². The molecule has 0 radical (unpaired) electrons. The quantitative estimate of drug-likeness (QED) is 0.376. The van der Waals surface area contributed by atoms with Gasteiger partial charge in [0.05, 0.1) is 7.11 Å². The molecule has 2 aliphatic rings. The predicted molar refractivity (Wildman–Crippen MR) is 137 cm³/mol. The van der Waals surface area contributed by atoms with Crippen LogP contribution in [-0.2, 0) is 27.3 Å². The van der Waals surface area contributed by atoms with E-state index in [0.717, 1.165) is 17.0 Å². The van der Waals surface area contributed by atoms with E-state index < -0.39 is 17.5 Å². The fourth-order valence-electron chi connectivity index (χ4n) is 5.55. The fraction of sp³-hybridized carbons (Fsp3) is 0.345. The highest BCUT2D eigenvalue weighted by Crippen LogP contribution is 2.38. The summed E-state index contributed by atoms with van der Waals surface area (Å²) in [5, 5.41) is 2.45. The third kappa shape index (κ3) is 4.46. The minimum absolute atomic E-state index is 0.282. The van der Waals surface area contributed by atoms with Gasteiger partial charge in [-0.05, 0) is 41.2 Å². The Balaban J connectivity index is 1.35. The number of hydrogen-bond donors (Lipinski definition) is 0. The molecule has 186 valence electrons. The number of amides is 3. The Morgan fingerprint density at radius 3 is 2.36 bits per heavy atom. The topological polar surface area (TPSA) is 70.2 Å². The number of carbonyl (C=O) groups is 3. The Bertz CT molecular complexity index is 1260. The van der Waals surface area contributed by atoms with Crippen LogP contribution in [0.5, 0.6) is 0 Å². The van der Waals surface area contributed by atoms with Gasteiger partial charge in [-0.25, -0.2) is 4.79 Å². The van der Waals surface area contributed by atoms with Gasteiger partial charge in [-0.1, -0.05) is 72.8 Å². The number of carbonyl (C=O) groups excluding carboxylic acids is 3. The van der Waals surface area contributed by atoms with Gasteiger partial charge in [0.2, 0.25) is 0 Å². The second-order valence-corrected chi connectivity index (χ2v) is 9.58. The lowest BCUT2D eigenvalue weighted by Gasteiger charge is -2.42. The second-order valence-electron chi connectivity index (χ2n) is 9.58. The summed E-state index contributed by atoms with van der Waals surface area (Å²) in [6.07, 6.45) is 1.72. The van der Waals surface area contributed by atoms with Crippen LogP contribution >= 0.6 is 0 Å². The molecule has 0 N–H and O–H groups in total. The smallest absolute Gasteiger partial charge is 0.328 e. The maximum Gasteiger partial charge on any atom is 0.328 e. The lowest BCUT2D eigenvalue weighted by atomic mass is 9.85.